The highest BCUT2D eigenvalue weighted by Gasteiger charge is 2.31. The van der Waals surface area contributed by atoms with Crippen LogP contribution in [0.5, 0.6) is 0 Å². The molecule has 1 aromatic heterocycles. The zero-order valence-corrected chi connectivity index (χ0v) is 16.8. The Labute approximate surface area is 176 Å². The Balaban J connectivity index is 1.42. The van der Waals surface area contributed by atoms with Gasteiger partial charge in [-0.25, -0.2) is 4.98 Å². The number of benzene rings is 2. The summed E-state index contributed by atoms with van der Waals surface area (Å²) in [5.41, 5.74) is -0.109. The minimum atomic E-state index is -4.43. The van der Waals surface area contributed by atoms with Crippen LogP contribution in [-0.4, -0.2) is 51.9 Å². The van der Waals surface area contributed by atoms with Crippen molar-refractivity contribution in [3.05, 3.63) is 75.8 Å². The molecule has 1 saturated heterocycles. The first-order valence-corrected chi connectivity index (χ1v) is 9.93. The van der Waals surface area contributed by atoms with Gasteiger partial charge in [0, 0.05) is 31.7 Å². The molecule has 1 fully saturated rings. The van der Waals surface area contributed by atoms with Gasteiger partial charge in [-0.15, -0.1) is 0 Å². The zero-order chi connectivity index (χ0) is 22.2. The number of amides is 1. The van der Waals surface area contributed by atoms with Crippen LogP contribution in [0.15, 0.2) is 53.3 Å². The third-order valence-electron chi connectivity index (χ3n) is 5.64. The Kier molecular flexibility index (Phi) is 5.53. The third-order valence-corrected chi connectivity index (χ3v) is 5.64. The van der Waals surface area contributed by atoms with Gasteiger partial charge >= 0.3 is 6.18 Å². The zero-order valence-electron chi connectivity index (χ0n) is 16.8. The lowest BCUT2D eigenvalue weighted by Gasteiger charge is -2.37. The summed E-state index contributed by atoms with van der Waals surface area (Å²) in [7, 11) is 0. The fourth-order valence-corrected chi connectivity index (χ4v) is 3.77. The quantitative estimate of drug-likeness (QED) is 0.691. The predicted molar refractivity (Wildman–Crippen MR) is 110 cm³/mol. The fourth-order valence-electron chi connectivity index (χ4n) is 3.77. The summed E-state index contributed by atoms with van der Waals surface area (Å²) >= 11 is 0. The van der Waals surface area contributed by atoms with Crippen LogP contribution in [0, 0.1) is 0 Å². The molecule has 6 nitrogen and oxygen atoms in total. The minimum Gasteiger partial charge on any atom is -0.336 e. The molecule has 0 spiro atoms. The molecule has 9 heteroatoms. The highest BCUT2D eigenvalue weighted by Crippen LogP contribution is 2.29. The van der Waals surface area contributed by atoms with Gasteiger partial charge in [-0.1, -0.05) is 12.1 Å². The van der Waals surface area contributed by atoms with Crippen LogP contribution < -0.4 is 5.56 Å². The van der Waals surface area contributed by atoms with Crippen molar-refractivity contribution in [3.63, 3.8) is 0 Å². The van der Waals surface area contributed by atoms with Gasteiger partial charge < -0.3 is 9.88 Å². The molecule has 3 aromatic rings. The number of H-pyrrole nitrogens is 1. The van der Waals surface area contributed by atoms with Crippen LogP contribution in [0.3, 0.4) is 0 Å². The van der Waals surface area contributed by atoms with Crippen LogP contribution in [0.4, 0.5) is 13.2 Å². The van der Waals surface area contributed by atoms with Crippen LogP contribution in [-0.2, 0) is 6.18 Å². The molecular formula is C22H21F3N4O2. The van der Waals surface area contributed by atoms with Gasteiger partial charge in [0.25, 0.3) is 11.5 Å². The molecule has 1 N–H and O–H groups in total. The highest BCUT2D eigenvalue weighted by molar-refractivity contribution is 5.94. The third kappa shape index (κ3) is 4.32. The molecule has 0 bridgehead atoms. The van der Waals surface area contributed by atoms with E-state index in [1.807, 2.05) is 13.0 Å². The van der Waals surface area contributed by atoms with E-state index < -0.39 is 11.7 Å². The van der Waals surface area contributed by atoms with E-state index >= 15 is 0 Å². The standard InChI is InChI=1S/C22H21F3N4O2/c1-14(19-26-18-5-3-2-4-17(18)20(30)27-19)28-10-12-29(13-11-28)21(31)15-6-8-16(9-7-15)22(23,24)25/h2-9,14H,10-13H2,1H3,(H,26,27,30). The van der Waals surface area contributed by atoms with E-state index in [0.29, 0.717) is 42.9 Å². The molecule has 1 aliphatic heterocycles. The van der Waals surface area contributed by atoms with Gasteiger partial charge in [0.05, 0.1) is 22.5 Å². The number of para-hydroxylation sites is 1. The smallest absolute Gasteiger partial charge is 0.336 e. The number of nitrogens with zero attached hydrogens (tertiary/aromatic N) is 3. The maximum absolute atomic E-state index is 12.7. The van der Waals surface area contributed by atoms with Gasteiger partial charge in [0.2, 0.25) is 0 Å². The fraction of sp³-hybridized carbons (Fsp3) is 0.318. The predicted octanol–water partition coefficient (Wildman–Crippen LogP) is 3.46. The lowest BCUT2D eigenvalue weighted by atomic mass is 10.1. The molecule has 1 atom stereocenters. The molecular weight excluding hydrogens is 409 g/mol. The van der Waals surface area contributed by atoms with E-state index in [9.17, 15) is 22.8 Å². The molecule has 2 aromatic carbocycles. The molecule has 0 radical (unpaired) electrons. The van der Waals surface area contributed by atoms with E-state index in [0.717, 1.165) is 12.1 Å². The molecule has 0 aliphatic carbocycles. The van der Waals surface area contributed by atoms with Crippen molar-refractivity contribution < 1.29 is 18.0 Å². The van der Waals surface area contributed by atoms with Crippen molar-refractivity contribution in [2.45, 2.75) is 19.1 Å². The molecule has 31 heavy (non-hydrogen) atoms. The number of halogens is 3. The summed E-state index contributed by atoms with van der Waals surface area (Å²) in [6.07, 6.45) is -4.43. The maximum atomic E-state index is 12.7. The van der Waals surface area contributed by atoms with E-state index in [4.69, 9.17) is 0 Å². The number of piperazine rings is 1. The van der Waals surface area contributed by atoms with Gasteiger partial charge in [0.1, 0.15) is 5.82 Å². The maximum Gasteiger partial charge on any atom is 0.416 e. The number of aromatic nitrogens is 2. The number of carbonyl (C=O) groups is 1. The number of fused-ring (bicyclic) bond motifs is 1. The molecule has 1 aliphatic rings. The van der Waals surface area contributed by atoms with Crippen LogP contribution >= 0.6 is 0 Å². The molecule has 0 saturated carbocycles. The van der Waals surface area contributed by atoms with E-state index in [2.05, 4.69) is 14.9 Å². The average molecular weight is 430 g/mol. The second kappa shape index (κ2) is 8.14. The van der Waals surface area contributed by atoms with E-state index in [-0.39, 0.29) is 23.1 Å². The second-order valence-electron chi connectivity index (χ2n) is 7.55. The Morgan fingerprint density at radius 1 is 1.03 bits per heavy atom. The molecule has 1 amide bonds. The second-order valence-corrected chi connectivity index (χ2v) is 7.55. The van der Waals surface area contributed by atoms with Crippen LogP contribution in [0.1, 0.15) is 34.7 Å². The Morgan fingerprint density at radius 2 is 1.68 bits per heavy atom. The number of hydrogen-bond donors (Lipinski definition) is 1. The number of aromatic amines is 1. The Hall–Kier alpha value is -3.20. The first-order chi connectivity index (χ1) is 14.7. The number of alkyl halides is 3. The van der Waals surface area contributed by atoms with Crippen molar-refractivity contribution >= 4 is 16.8 Å². The molecule has 1 unspecified atom stereocenters. The van der Waals surface area contributed by atoms with Crippen LogP contribution in [0.25, 0.3) is 10.9 Å². The van der Waals surface area contributed by atoms with Crippen molar-refractivity contribution in [2.24, 2.45) is 0 Å². The summed E-state index contributed by atoms with van der Waals surface area (Å²) in [5, 5.41) is 0.533. The van der Waals surface area contributed by atoms with Gasteiger partial charge in [-0.2, -0.15) is 13.2 Å². The Morgan fingerprint density at radius 3 is 2.32 bits per heavy atom. The van der Waals surface area contributed by atoms with Gasteiger partial charge in [-0.05, 0) is 43.3 Å². The first kappa shape index (κ1) is 21.0. The monoisotopic (exact) mass is 430 g/mol. The van der Waals surface area contributed by atoms with Gasteiger partial charge in [-0.3, -0.25) is 14.5 Å². The van der Waals surface area contributed by atoms with Crippen molar-refractivity contribution in [3.8, 4) is 0 Å². The average Bonchev–Trinajstić information content (AvgIpc) is 2.78. The first-order valence-electron chi connectivity index (χ1n) is 9.93. The van der Waals surface area contributed by atoms with Gasteiger partial charge in [0.15, 0.2) is 0 Å². The van der Waals surface area contributed by atoms with E-state index in [1.54, 1.807) is 23.1 Å². The SMILES string of the molecule is CC(c1nc2ccccc2c(=O)[nH]1)N1CCN(C(=O)c2ccc(C(F)(F)F)cc2)CC1. The molecule has 162 valence electrons. The summed E-state index contributed by atoms with van der Waals surface area (Å²) < 4.78 is 38.2. The lowest BCUT2D eigenvalue weighted by Crippen LogP contribution is -2.49. The number of rotatable bonds is 3. The number of carbonyl (C=O) groups excluding carboxylic acids is 1. The highest BCUT2D eigenvalue weighted by atomic mass is 19.4. The van der Waals surface area contributed by atoms with Crippen LogP contribution in [0.2, 0.25) is 0 Å². The molecule has 4 rings (SSSR count). The Bertz CT molecular complexity index is 1150. The van der Waals surface area contributed by atoms with E-state index in [1.165, 1.54) is 12.1 Å². The number of hydrogen-bond acceptors (Lipinski definition) is 4. The largest absolute Gasteiger partial charge is 0.416 e. The summed E-state index contributed by atoms with van der Waals surface area (Å²) in [6.45, 7) is 3.93. The number of nitrogens with one attached hydrogen (secondary N) is 1. The van der Waals surface area contributed by atoms with Crippen molar-refractivity contribution in [2.75, 3.05) is 26.2 Å². The summed E-state index contributed by atoms with van der Waals surface area (Å²) in [4.78, 5) is 36.2. The van der Waals surface area contributed by atoms with Crippen molar-refractivity contribution in [1.82, 2.24) is 19.8 Å². The van der Waals surface area contributed by atoms with Crippen molar-refractivity contribution in [1.29, 1.82) is 0 Å². The summed E-state index contributed by atoms with van der Waals surface area (Å²) in [5.74, 6) is 0.268. The normalized spacial score (nSPS) is 16.5. The molecule has 2 heterocycles. The minimum absolute atomic E-state index is 0.152. The lowest BCUT2D eigenvalue weighted by molar-refractivity contribution is -0.137. The topological polar surface area (TPSA) is 69.3 Å². The summed E-state index contributed by atoms with van der Waals surface area (Å²) in [6, 6.07) is 11.3.